The van der Waals surface area contributed by atoms with Gasteiger partial charge in [0.05, 0.1) is 0 Å². The van der Waals surface area contributed by atoms with Gasteiger partial charge >= 0.3 is 51.2 Å². The second-order valence-corrected chi connectivity index (χ2v) is 14.1. The summed E-state index contributed by atoms with van der Waals surface area (Å²) < 4.78 is 15.5. The van der Waals surface area contributed by atoms with E-state index in [9.17, 15) is 4.39 Å². The van der Waals surface area contributed by atoms with Crippen molar-refractivity contribution in [3.05, 3.63) is 127 Å². The van der Waals surface area contributed by atoms with Gasteiger partial charge in [0.1, 0.15) is 5.67 Å². The fourth-order valence-electron chi connectivity index (χ4n) is 7.05. The predicted molar refractivity (Wildman–Crippen MR) is 178 cm³/mol. The van der Waals surface area contributed by atoms with Crippen LogP contribution in [0.2, 0.25) is 0 Å². The Morgan fingerprint density at radius 1 is 0.762 bits per heavy atom. The molecule has 5 aliphatic carbocycles. The first-order chi connectivity index (χ1) is 19.1. The predicted octanol–water partition coefficient (Wildman–Crippen LogP) is 9.57. The molecule has 0 aliphatic heterocycles. The maximum absolute atomic E-state index is 14.0. The average Bonchev–Trinajstić information content (AvgIpc) is 3.14. The molecule has 42 heavy (non-hydrogen) atoms. The molecule has 8 rings (SSSR count). The Morgan fingerprint density at radius 3 is 1.45 bits per heavy atom. The van der Waals surface area contributed by atoms with Crippen LogP contribution in [0.15, 0.2) is 108 Å². The standard InChI is InChI=1S/C12H10.C10H15FN.C9H13.C6H7Ge.CH3.Hf/c1-3-7-11(8-4-1)12-9-5-2-6-10-12;11-9-2-7-1-8(3-9)5-10(12,4-7)6-9;1-6-5-7(2)9(4)8(6)3;7-6-4-2-1-3-5-6;;/h1-10H;7-8,12H,1-6H2;6H,1-4H3;1-5H,7H2;1H3;/q;2*-1;;-1;. The molecule has 3 unspecified atom stereocenters. The summed E-state index contributed by atoms with van der Waals surface area (Å²) in [6, 6.07) is 31.2. The molecule has 0 saturated heterocycles. The van der Waals surface area contributed by atoms with Crippen molar-refractivity contribution >= 4 is 20.9 Å². The molecule has 4 saturated carbocycles. The van der Waals surface area contributed by atoms with Crippen LogP contribution >= 0.6 is 0 Å². The molecule has 1 nitrogen and oxygen atoms in total. The van der Waals surface area contributed by atoms with Gasteiger partial charge < -0.3 is 13.2 Å². The largest absolute Gasteiger partial charge is 0.672 e. The van der Waals surface area contributed by atoms with Crippen molar-refractivity contribution in [1.82, 2.24) is 0 Å². The van der Waals surface area contributed by atoms with Crippen LogP contribution in [0, 0.1) is 31.3 Å². The third kappa shape index (κ3) is 10.3. The number of nitrogens with one attached hydrogen (secondary N) is 1. The second kappa shape index (κ2) is 16.5. The molecule has 3 aromatic carbocycles. The molecular weight excluding hydrogens is 741 g/mol. The van der Waals surface area contributed by atoms with E-state index in [0.717, 1.165) is 25.7 Å². The summed E-state index contributed by atoms with van der Waals surface area (Å²) in [4.78, 5) is 0. The van der Waals surface area contributed by atoms with Crippen molar-refractivity contribution in [1.29, 1.82) is 0 Å². The van der Waals surface area contributed by atoms with Crippen LogP contribution in [0.5, 0.6) is 0 Å². The van der Waals surface area contributed by atoms with E-state index in [1.54, 1.807) is 0 Å². The number of rotatable bonds is 1. The van der Waals surface area contributed by atoms with E-state index in [1.165, 1.54) is 55.2 Å². The van der Waals surface area contributed by atoms with Gasteiger partial charge in [-0.25, -0.2) is 9.96 Å². The molecule has 1 N–H and O–H groups in total. The first-order valence-electron chi connectivity index (χ1n) is 14.8. The SMILES string of the molecule is CC1=[C-]C(C)C(C)=C1C.[CH3-].[GeH2][c]1ccccc1.[Hf].[NH-]C12CC3CC(C1)CC(F)(C3)C2.c1ccc(-c2ccccc2)cc1. The van der Waals surface area contributed by atoms with Crippen molar-refractivity contribution in [2.45, 2.75) is 77.4 Å². The third-order valence-corrected chi connectivity index (χ3v) is 9.94. The van der Waals surface area contributed by atoms with Gasteiger partial charge in [0.15, 0.2) is 0 Å². The number of hydrogen-bond donors (Lipinski definition) is 0. The molecule has 223 valence electrons. The molecular formula is C38H48FGeHfN-3. The summed E-state index contributed by atoms with van der Waals surface area (Å²) in [6.07, 6.45) is 8.61. The Hall–Kier alpha value is -1.56. The number of benzene rings is 3. The monoisotopic (exact) mass is 791 g/mol. The summed E-state index contributed by atoms with van der Waals surface area (Å²) in [5.41, 5.74) is 13.6. The van der Waals surface area contributed by atoms with E-state index in [-0.39, 0.29) is 38.8 Å². The van der Waals surface area contributed by atoms with Crippen LogP contribution in [0.4, 0.5) is 4.39 Å². The van der Waals surface area contributed by atoms with Crippen molar-refractivity contribution in [2.24, 2.45) is 17.8 Å². The van der Waals surface area contributed by atoms with Crippen LogP contribution in [0.25, 0.3) is 16.9 Å². The summed E-state index contributed by atoms with van der Waals surface area (Å²) in [6.45, 7) is 8.67. The van der Waals surface area contributed by atoms with Crippen molar-refractivity contribution < 1.29 is 30.2 Å². The normalized spacial score (nSPS) is 27.9. The maximum Gasteiger partial charge on any atom is 0.110 e. The Morgan fingerprint density at radius 2 is 1.19 bits per heavy atom. The number of allylic oxidation sites excluding steroid dienone is 4. The van der Waals surface area contributed by atoms with Gasteiger partial charge in [0, 0.05) is 25.8 Å². The van der Waals surface area contributed by atoms with E-state index in [2.05, 4.69) is 107 Å². The zero-order chi connectivity index (χ0) is 28.8. The minimum atomic E-state index is -0.925. The molecule has 3 atom stereocenters. The van der Waals surface area contributed by atoms with Gasteiger partial charge in [-0.05, 0) is 48.6 Å². The summed E-state index contributed by atoms with van der Waals surface area (Å²) >= 11 is 1.26. The quantitative estimate of drug-likeness (QED) is 0.173. The van der Waals surface area contributed by atoms with E-state index < -0.39 is 5.67 Å². The smallest absolute Gasteiger partial charge is 0.110 e. The molecule has 1 radical (unpaired) electrons. The first-order valence-corrected chi connectivity index (χ1v) is 16.2. The van der Waals surface area contributed by atoms with E-state index >= 15 is 0 Å². The van der Waals surface area contributed by atoms with Crippen molar-refractivity contribution in [3.8, 4) is 11.1 Å². The van der Waals surface area contributed by atoms with Crippen LogP contribution in [0.3, 0.4) is 0 Å². The average molecular weight is 789 g/mol. The minimum Gasteiger partial charge on any atom is -0.672 e. The van der Waals surface area contributed by atoms with Gasteiger partial charge in [-0.15, -0.1) is 12.5 Å². The van der Waals surface area contributed by atoms with Gasteiger partial charge in [-0.1, -0.05) is 100 Å². The summed E-state index contributed by atoms with van der Waals surface area (Å²) in [5, 5.41) is 0. The Balaban J connectivity index is 0.000000197. The van der Waals surface area contributed by atoms with Gasteiger partial charge in [0.25, 0.3) is 0 Å². The van der Waals surface area contributed by atoms with Crippen LogP contribution in [-0.2, 0) is 25.8 Å². The first kappa shape index (κ1) is 36.6. The van der Waals surface area contributed by atoms with Crippen LogP contribution in [0.1, 0.15) is 66.2 Å². The fraction of sp³-hybridized carbons (Fsp3) is 0.395. The zero-order valence-electron chi connectivity index (χ0n) is 26.2. The van der Waals surface area contributed by atoms with Gasteiger partial charge in [-0.2, -0.15) is 11.1 Å². The minimum absolute atomic E-state index is 0. The maximum atomic E-state index is 14.0. The summed E-state index contributed by atoms with van der Waals surface area (Å²) in [7, 11) is 0. The molecule has 4 bridgehead atoms. The molecule has 0 aromatic heterocycles. The number of hydrogen-bond acceptors (Lipinski definition) is 0. The van der Waals surface area contributed by atoms with Gasteiger partial charge in [0.2, 0.25) is 0 Å². The van der Waals surface area contributed by atoms with E-state index in [4.69, 9.17) is 5.73 Å². The van der Waals surface area contributed by atoms with Crippen molar-refractivity contribution in [2.75, 3.05) is 0 Å². The fourth-order valence-corrected chi connectivity index (χ4v) is 7.62. The third-order valence-electron chi connectivity index (χ3n) is 8.95. The van der Waals surface area contributed by atoms with Crippen LogP contribution < -0.4 is 4.40 Å². The number of halogens is 1. The van der Waals surface area contributed by atoms with E-state index in [1.807, 2.05) is 18.2 Å². The second-order valence-electron chi connectivity index (χ2n) is 12.4. The molecule has 4 heteroatoms. The summed E-state index contributed by atoms with van der Waals surface area (Å²) in [5.74, 6) is 1.66. The topological polar surface area (TPSA) is 23.8 Å². The molecule has 3 aromatic rings. The molecule has 0 heterocycles. The van der Waals surface area contributed by atoms with Crippen LogP contribution in [-0.4, -0.2) is 27.7 Å². The Labute approximate surface area is 282 Å². The van der Waals surface area contributed by atoms with Gasteiger partial charge in [-0.3, -0.25) is 6.08 Å². The Bertz CT molecular complexity index is 1220. The van der Waals surface area contributed by atoms with E-state index in [0.29, 0.717) is 24.2 Å². The molecule has 0 spiro atoms. The molecule has 5 aliphatic rings. The Kier molecular flexibility index (Phi) is 14.4. The molecule has 4 fully saturated rings. The van der Waals surface area contributed by atoms with Crippen molar-refractivity contribution in [3.63, 3.8) is 0 Å². The number of alkyl halides is 1. The molecule has 0 amide bonds. The zero-order valence-corrected chi connectivity index (χ0v) is 32.8.